The Labute approximate surface area is 178 Å². The maximum absolute atomic E-state index is 13.3. The number of nitrogens with zero attached hydrogens (tertiary/aromatic N) is 2. The summed E-state index contributed by atoms with van der Waals surface area (Å²) in [6, 6.07) is 13.3. The van der Waals surface area contributed by atoms with Gasteiger partial charge in [-0.05, 0) is 50.5 Å². The third-order valence-corrected chi connectivity index (χ3v) is 4.98. The lowest BCUT2D eigenvalue weighted by atomic mass is 10.0. The molecule has 6 nitrogen and oxygen atoms in total. The molecule has 1 N–H and O–H groups in total. The van der Waals surface area contributed by atoms with E-state index < -0.39 is 6.04 Å². The van der Waals surface area contributed by atoms with Gasteiger partial charge in [-0.1, -0.05) is 32.0 Å². The first-order valence-electron chi connectivity index (χ1n) is 10.4. The second-order valence-corrected chi connectivity index (χ2v) is 8.14. The number of carbonyl (C=O) groups excluding carboxylic acids is 1. The molecule has 3 aromatic rings. The number of methoxy groups -OCH3 is 2. The molecule has 6 heteroatoms. The smallest absolute Gasteiger partial charge is 0.243 e. The van der Waals surface area contributed by atoms with Crippen LogP contribution in [0.4, 0.5) is 0 Å². The maximum Gasteiger partial charge on any atom is 0.243 e. The van der Waals surface area contributed by atoms with Crippen LogP contribution in [0.5, 0.6) is 11.5 Å². The third-order valence-electron chi connectivity index (χ3n) is 4.98. The Balaban J connectivity index is 2.29. The van der Waals surface area contributed by atoms with Crippen molar-refractivity contribution in [2.45, 2.75) is 46.2 Å². The van der Waals surface area contributed by atoms with Gasteiger partial charge in [0.05, 0.1) is 30.8 Å². The first kappa shape index (κ1) is 21.7. The first-order valence-corrected chi connectivity index (χ1v) is 10.4. The molecule has 1 amide bonds. The third kappa shape index (κ3) is 4.27. The van der Waals surface area contributed by atoms with Gasteiger partial charge in [-0.2, -0.15) is 0 Å². The number of aromatic nitrogens is 2. The fourth-order valence-corrected chi connectivity index (χ4v) is 3.77. The number of amides is 1. The van der Waals surface area contributed by atoms with Crippen LogP contribution < -0.4 is 14.8 Å². The monoisotopic (exact) mass is 409 g/mol. The second kappa shape index (κ2) is 9.20. The average Bonchev–Trinajstić information content (AvgIpc) is 3.09. The summed E-state index contributed by atoms with van der Waals surface area (Å²) in [4.78, 5) is 18.2. The van der Waals surface area contributed by atoms with Gasteiger partial charge < -0.3 is 19.4 Å². The highest BCUT2D eigenvalue weighted by molar-refractivity contribution is 5.88. The van der Waals surface area contributed by atoms with Gasteiger partial charge >= 0.3 is 0 Å². The van der Waals surface area contributed by atoms with Crippen LogP contribution in [0.1, 0.15) is 40.2 Å². The minimum atomic E-state index is -0.397. The number of hydrogen-bond donors (Lipinski definition) is 1. The lowest BCUT2D eigenvalue weighted by molar-refractivity contribution is -0.125. The lowest BCUT2D eigenvalue weighted by Crippen LogP contribution is -2.37. The summed E-state index contributed by atoms with van der Waals surface area (Å²) in [6.07, 6.45) is 0.693. The van der Waals surface area contributed by atoms with Crippen molar-refractivity contribution in [1.82, 2.24) is 14.9 Å². The van der Waals surface area contributed by atoms with Crippen molar-refractivity contribution < 1.29 is 14.3 Å². The summed E-state index contributed by atoms with van der Waals surface area (Å²) in [5.74, 6) is 2.24. The fraction of sp³-hybridized carbons (Fsp3) is 0.417. The van der Waals surface area contributed by atoms with Gasteiger partial charge in [0.15, 0.2) is 11.5 Å². The van der Waals surface area contributed by atoms with Crippen molar-refractivity contribution >= 4 is 16.9 Å². The van der Waals surface area contributed by atoms with Crippen LogP contribution in [0, 0.1) is 5.92 Å². The number of nitrogens with one attached hydrogen (secondary N) is 1. The van der Waals surface area contributed by atoms with Crippen molar-refractivity contribution in [2.75, 3.05) is 14.2 Å². The van der Waals surface area contributed by atoms with Gasteiger partial charge in [0.2, 0.25) is 5.91 Å². The molecule has 0 aliphatic heterocycles. The van der Waals surface area contributed by atoms with Gasteiger partial charge in [0.1, 0.15) is 11.9 Å². The molecule has 0 spiro atoms. The molecule has 0 fully saturated rings. The number of hydrogen-bond acceptors (Lipinski definition) is 4. The average molecular weight is 410 g/mol. The van der Waals surface area contributed by atoms with E-state index in [0.717, 1.165) is 16.6 Å². The summed E-state index contributed by atoms with van der Waals surface area (Å²) in [5, 5.41) is 3.09. The molecule has 160 valence electrons. The lowest BCUT2D eigenvalue weighted by Gasteiger charge is -2.24. The number of ether oxygens (including phenoxy) is 2. The Morgan fingerprint density at radius 3 is 2.40 bits per heavy atom. The van der Waals surface area contributed by atoms with Crippen molar-refractivity contribution in [3.63, 3.8) is 0 Å². The Kier molecular flexibility index (Phi) is 6.65. The number of fused-ring (bicyclic) bond motifs is 1. The van der Waals surface area contributed by atoms with E-state index in [-0.39, 0.29) is 11.9 Å². The summed E-state index contributed by atoms with van der Waals surface area (Å²) in [6.45, 7) is 8.20. The highest BCUT2D eigenvalue weighted by atomic mass is 16.5. The minimum absolute atomic E-state index is 0.00929. The van der Waals surface area contributed by atoms with Crippen LogP contribution >= 0.6 is 0 Å². The highest BCUT2D eigenvalue weighted by Gasteiger charge is 2.29. The molecule has 1 aromatic heterocycles. The molecule has 0 saturated heterocycles. The fourth-order valence-electron chi connectivity index (χ4n) is 3.77. The normalized spacial score (nSPS) is 12.4. The van der Waals surface area contributed by atoms with Gasteiger partial charge in [-0.15, -0.1) is 0 Å². The molecule has 1 atom stereocenters. The minimum Gasteiger partial charge on any atom is -0.493 e. The van der Waals surface area contributed by atoms with E-state index in [1.165, 1.54) is 0 Å². The van der Waals surface area contributed by atoms with Gasteiger partial charge in [-0.25, -0.2) is 4.98 Å². The molecule has 1 unspecified atom stereocenters. The highest BCUT2D eigenvalue weighted by Crippen LogP contribution is 2.40. The molecule has 0 saturated carbocycles. The molecule has 0 radical (unpaired) electrons. The van der Waals surface area contributed by atoms with E-state index >= 15 is 0 Å². The number of imidazole rings is 1. The molecule has 2 aromatic carbocycles. The zero-order valence-corrected chi connectivity index (χ0v) is 18.6. The van der Waals surface area contributed by atoms with Gasteiger partial charge in [0.25, 0.3) is 0 Å². The van der Waals surface area contributed by atoms with Crippen molar-refractivity contribution in [2.24, 2.45) is 5.92 Å². The van der Waals surface area contributed by atoms with E-state index in [9.17, 15) is 4.79 Å². The van der Waals surface area contributed by atoms with E-state index in [0.29, 0.717) is 29.7 Å². The maximum atomic E-state index is 13.3. The molecular formula is C24H31N3O3. The molecular weight excluding hydrogens is 378 g/mol. The van der Waals surface area contributed by atoms with Crippen molar-refractivity contribution in [1.29, 1.82) is 0 Å². The number of para-hydroxylation sites is 3. The largest absolute Gasteiger partial charge is 0.493 e. The van der Waals surface area contributed by atoms with Crippen LogP contribution in [0.3, 0.4) is 0 Å². The predicted molar refractivity (Wildman–Crippen MR) is 120 cm³/mol. The van der Waals surface area contributed by atoms with E-state index in [1.54, 1.807) is 14.2 Å². The topological polar surface area (TPSA) is 65.4 Å². The molecule has 3 rings (SSSR count). The van der Waals surface area contributed by atoms with Crippen LogP contribution in [0.25, 0.3) is 22.4 Å². The Hall–Kier alpha value is -3.02. The van der Waals surface area contributed by atoms with E-state index in [4.69, 9.17) is 14.5 Å². The molecule has 1 heterocycles. The van der Waals surface area contributed by atoms with Crippen molar-refractivity contribution in [3.8, 4) is 22.9 Å². The molecule has 0 aliphatic carbocycles. The summed E-state index contributed by atoms with van der Waals surface area (Å²) >= 11 is 0. The van der Waals surface area contributed by atoms with Crippen LogP contribution in [0.15, 0.2) is 42.5 Å². The first-order chi connectivity index (χ1) is 14.4. The zero-order chi connectivity index (χ0) is 21.8. The standard InChI is InChI=1S/C24H31N3O3/c1-15(2)14-20(24(28)25-16(3)4)27-19-12-8-7-11-18(19)26-23(27)17-10-9-13-21(29-5)22(17)30-6/h7-13,15-16,20H,14H2,1-6H3,(H,25,28). The zero-order valence-electron chi connectivity index (χ0n) is 18.6. The van der Waals surface area contributed by atoms with Crippen LogP contribution in [-0.4, -0.2) is 35.7 Å². The van der Waals surface area contributed by atoms with Gasteiger partial charge in [0, 0.05) is 6.04 Å². The van der Waals surface area contributed by atoms with Crippen LogP contribution in [-0.2, 0) is 4.79 Å². The number of carbonyl (C=O) groups is 1. The summed E-state index contributed by atoms with van der Waals surface area (Å²) < 4.78 is 13.2. The Morgan fingerprint density at radius 2 is 1.77 bits per heavy atom. The molecule has 0 aliphatic rings. The molecule has 0 bridgehead atoms. The van der Waals surface area contributed by atoms with E-state index in [2.05, 4.69) is 19.2 Å². The SMILES string of the molecule is COc1cccc(-c2nc3ccccc3n2C(CC(C)C)C(=O)NC(C)C)c1OC. The van der Waals surface area contributed by atoms with Crippen LogP contribution in [0.2, 0.25) is 0 Å². The number of benzene rings is 2. The summed E-state index contributed by atoms with van der Waals surface area (Å²) in [7, 11) is 3.23. The van der Waals surface area contributed by atoms with Crippen molar-refractivity contribution in [3.05, 3.63) is 42.5 Å². The Morgan fingerprint density at radius 1 is 1.03 bits per heavy atom. The second-order valence-electron chi connectivity index (χ2n) is 8.14. The van der Waals surface area contributed by atoms with Gasteiger partial charge in [-0.3, -0.25) is 4.79 Å². The Bertz CT molecular complexity index is 1020. The predicted octanol–water partition coefficient (Wildman–Crippen LogP) is 4.83. The summed E-state index contributed by atoms with van der Waals surface area (Å²) in [5.41, 5.74) is 2.55. The van der Waals surface area contributed by atoms with E-state index in [1.807, 2.05) is 60.9 Å². The molecule has 30 heavy (non-hydrogen) atoms. The quantitative estimate of drug-likeness (QED) is 0.579. The number of rotatable bonds is 8.